The van der Waals surface area contributed by atoms with E-state index in [2.05, 4.69) is 26.1 Å². The van der Waals surface area contributed by atoms with E-state index in [1.165, 1.54) is 0 Å². The van der Waals surface area contributed by atoms with E-state index in [1.807, 2.05) is 36.4 Å². The van der Waals surface area contributed by atoms with Gasteiger partial charge in [-0.25, -0.2) is 5.10 Å². The molecule has 7 heteroatoms. The van der Waals surface area contributed by atoms with Crippen molar-refractivity contribution < 1.29 is 9.53 Å². The number of carbonyl (C=O) groups excluding carboxylic acids is 1. The Morgan fingerprint density at radius 3 is 2.70 bits per heavy atom. The second-order valence-corrected chi connectivity index (χ2v) is 7.39. The largest absolute Gasteiger partial charge is 0.370 e. The Labute approximate surface area is 164 Å². The van der Waals surface area contributed by atoms with Gasteiger partial charge in [-0.05, 0) is 23.8 Å². The second-order valence-electron chi connectivity index (χ2n) is 6.47. The third kappa shape index (κ3) is 3.79. The van der Waals surface area contributed by atoms with Crippen LogP contribution in [0.1, 0.15) is 17.4 Å². The summed E-state index contributed by atoms with van der Waals surface area (Å²) in [6, 6.07) is 15.1. The minimum Gasteiger partial charge on any atom is -0.370 e. The molecule has 0 unspecified atom stereocenters. The maximum absolute atomic E-state index is 12.9. The molecular weight excluding hydrogens is 410 g/mol. The number of nitrogens with one attached hydrogen (secondary N) is 1. The number of hydrogen-bond acceptors (Lipinski definition) is 4. The number of aromatic amines is 1. The fourth-order valence-electron chi connectivity index (χ4n) is 3.32. The Morgan fingerprint density at radius 1 is 1.19 bits per heavy atom. The predicted molar refractivity (Wildman–Crippen MR) is 105 cm³/mol. The number of rotatable bonds is 3. The Bertz CT molecular complexity index is 1030. The molecule has 1 saturated heterocycles. The summed E-state index contributed by atoms with van der Waals surface area (Å²) in [5.74, 6) is -0.0230. The van der Waals surface area contributed by atoms with Gasteiger partial charge in [0.2, 0.25) is 5.91 Å². The summed E-state index contributed by atoms with van der Waals surface area (Å²) in [6.07, 6.45) is 0.000690. The van der Waals surface area contributed by atoms with Gasteiger partial charge in [0.25, 0.3) is 5.56 Å². The molecule has 0 aliphatic carbocycles. The normalized spacial score (nSPS) is 17.2. The van der Waals surface area contributed by atoms with Gasteiger partial charge in [-0.2, -0.15) is 5.10 Å². The number of halogens is 1. The first kappa shape index (κ1) is 17.9. The minimum atomic E-state index is -0.247. The first-order chi connectivity index (χ1) is 13.1. The Balaban J connectivity index is 1.52. The summed E-state index contributed by atoms with van der Waals surface area (Å²) in [7, 11) is 0. The summed E-state index contributed by atoms with van der Waals surface area (Å²) in [4.78, 5) is 26.6. The molecule has 138 valence electrons. The summed E-state index contributed by atoms with van der Waals surface area (Å²) in [5.41, 5.74) is 1.38. The maximum Gasteiger partial charge on any atom is 0.272 e. The van der Waals surface area contributed by atoms with Crippen molar-refractivity contribution in [1.29, 1.82) is 0 Å². The lowest BCUT2D eigenvalue weighted by molar-refractivity contribution is -0.138. The number of carbonyl (C=O) groups is 1. The van der Waals surface area contributed by atoms with Crippen LogP contribution in [0, 0.1) is 0 Å². The smallest absolute Gasteiger partial charge is 0.272 e. The van der Waals surface area contributed by atoms with Gasteiger partial charge in [-0.15, -0.1) is 0 Å². The summed E-state index contributed by atoms with van der Waals surface area (Å²) >= 11 is 3.43. The summed E-state index contributed by atoms with van der Waals surface area (Å²) < 4.78 is 6.85. The third-order valence-corrected chi connectivity index (χ3v) is 5.28. The Hall–Kier alpha value is -2.51. The van der Waals surface area contributed by atoms with Crippen molar-refractivity contribution in [1.82, 2.24) is 15.1 Å². The fourth-order valence-corrected chi connectivity index (χ4v) is 3.58. The van der Waals surface area contributed by atoms with Gasteiger partial charge < -0.3 is 9.64 Å². The van der Waals surface area contributed by atoms with Gasteiger partial charge in [0.15, 0.2) is 0 Å². The minimum absolute atomic E-state index is 0.0230. The molecule has 0 spiro atoms. The zero-order valence-electron chi connectivity index (χ0n) is 14.5. The van der Waals surface area contributed by atoms with Gasteiger partial charge in [0.1, 0.15) is 6.10 Å². The lowest BCUT2D eigenvalue weighted by Crippen LogP contribution is -2.43. The number of benzene rings is 2. The van der Waals surface area contributed by atoms with Crippen LogP contribution in [0.4, 0.5) is 0 Å². The molecule has 27 heavy (non-hydrogen) atoms. The molecule has 1 atom stereocenters. The van der Waals surface area contributed by atoms with E-state index in [0.717, 1.165) is 10.0 Å². The highest BCUT2D eigenvalue weighted by Gasteiger charge is 2.26. The highest BCUT2D eigenvalue weighted by molar-refractivity contribution is 9.10. The molecule has 1 aromatic heterocycles. The van der Waals surface area contributed by atoms with Crippen LogP contribution >= 0.6 is 15.9 Å². The van der Waals surface area contributed by atoms with Crippen molar-refractivity contribution >= 4 is 32.6 Å². The van der Waals surface area contributed by atoms with Crippen LogP contribution in [0.25, 0.3) is 10.8 Å². The number of aromatic nitrogens is 2. The van der Waals surface area contributed by atoms with Crippen molar-refractivity contribution in [2.75, 3.05) is 19.7 Å². The number of ether oxygens (including phenoxy) is 1. The highest BCUT2D eigenvalue weighted by Crippen LogP contribution is 2.24. The lowest BCUT2D eigenvalue weighted by Gasteiger charge is -2.33. The second kappa shape index (κ2) is 7.62. The van der Waals surface area contributed by atoms with E-state index in [4.69, 9.17) is 4.74 Å². The average Bonchev–Trinajstić information content (AvgIpc) is 2.71. The molecule has 1 aliphatic rings. The monoisotopic (exact) mass is 427 g/mol. The molecule has 4 rings (SSSR count). The van der Waals surface area contributed by atoms with Gasteiger partial charge in [-0.3, -0.25) is 9.59 Å². The lowest BCUT2D eigenvalue weighted by atomic mass is 10.1. The molecule has 6 nitrogen and oxygen atoms in total. The maximum atomic E-state index is 12.9. The Morgan fingerprint density at radius 2 is 1.93 bits per heavy atom. The summed E-state index contributed by atoms with van der Waals surface area (Å²) in [6.45, 7) is 1.54. The number of morpholine rings is 1. The zero-order valence-corrected chi connectivity index (χ0v) is 16.1. The molecular formula is C20H18BrN3O3. The predicted octanol–water partition coefficient (Wildman–Crippen LogP) is 2.83. The van der Waals surface area contributed by atoms with Crippen molar-refractivity contribution in [2.24, 2.45) is 0 Å². The van der Waals surface area contributed by atoms with Crippen molar-refractivity contribution in [3.63, 3.8) is 0 Å². The van der Waals surface area contributed by atoms with Crippen LogP contribution in [-0.4, -0.2) is 40.7 Å². The number of hydrogen-bond donors (Lipinski definition) is 1. The van der Waals surface area contributed by atoms with Gasteiger partial charge in [-0.1, -0.05) is 46.3 Å². The first-order valence-electron chi connectivity index (χ1n) is 8.73. The van der Waals surface area contributed by atoms with Crippen molar-refractivity contribution in [3.8, 4) is 0 Å². The molecule has 1 amide bonds. The standard InChI is InChI=1S/C20H18BrN3O3/c21-14-7-5-13(6-8-14)18-12-24(9-10-27-18)19(25)11-17-15-3-1-2-4-16(15)20(26)23-22-17/h1-8,18H,9-12H2,(H,23,26)/t18-/m0/s1. The topological polar surface area (TPSA) is 75.3 Å². The van der Waals surface area contributed by atoms with Gasteiger partial charge in [0.05, 0.1) is 30.7 Å². The van der Waals surface area contributed by atoms with Crippen LogP contribution in [0.2, 0.25) is 0 Å². The molecule has 0 saturated carbocycles. The zero-order chi connectivity index (χ0) is 18.8. The molecule has 1 fully saturated rings. The molecule has 1 N–H and O–H groups in total. The average molecular weight is 428 g/mol. The highest BCUT2D eigenvalue weighted by atomic mass is 79.9. The fraction of sp³-hybridized carbons (Fsp3) is 0.250. The van der Waals surface area contributed by atoms with Crippen molar-refractivity contribution in [2.45, 2.75) is 12.5 Å². The first-order valence-corrected chi connectivity index (χ1v) is 9.52. The van der Waals surface area contributed by atoms with Crippen molar-refractivity contribution in [3.05, 3.63) is 74.6 Å². The van der Waals surface area contributed by atoms with Gasteiger partial charge >= 0.3 is 0 Å². The SMILES string of the molecule is O=C(Cc1n[nH]c(=O)c2ccccc12)N1CCO[C@H](c2ccc(Br)cc2)C1. The number of fused-ring (bicyclic) bond motifs is 1. The molecule has 0 bridgehead atoms. The molecule has 1 aliphatic heterocycles. The van der Waals surface area contributed by atoms with Crippen LogP contribution < -0.4 is 5.56 Å². The number of H-pyrrole nitrogens is 1. The van der Waals surface area contributed by atoms with E-state index < -0.39 is 0 Å². The molecule has 2 heterocycles. The molecule has 3 aromatic rings. The number of nitrogens with zero attached hydrogens (tertiary/aromatic N) is 2. The quantitative estimate of drug-likeness (QED) is 0.697. The van der Waals surface area contributed by atoms with Crippen LogP contribution in [0.5, 0.6) is 0 Å². The molecule has 2 aromatic carbocycles. The number of amides is 1. The van der Waals surface area contributed by atoms with E-state index >= 15 is 0 Å². The van der Waals surface area contributed by atoms with Crippen LogP contribution in [0.15, 0.2) is 57.8 Å². The van der Waals surface area contributed by atoms with E-state index in [1.54, 1.807) is 17.0 Å². The van der Waals surface area contributed by atoms with E-state index in [9.17, 15) is 9.59 Å². The van der Waals surface area contributed by atoms with Gasteiger partial charge in [0, 0.05) is 16.4 Å². The van der Waals surface area contributed by atoms with E-state index in [-0.39, 0.29) is 24.0 Å². The molecule has 0 radical (unpaired) electrons. The third-order valence-electron chi connectivity index (χ3n) is 4.75. The van der Waals surface area contributed by atoms with E-state index in [0.29, 0.717) is 36.2 Å². The summed E-state index contributed by atoms with van der Waals surface area (Å²) in [5, 5.41) is 7.85. The van der Waals surface area contributed by atoms with Crippen LogP contribution in [-0.2, 0) is 16.0 Å². The van der Waals surface area contributed by atoms with Crippen LogP contribution in [0.3, 0.4) is 0 Å². The Kier molecular flexibility index (Phi) is 5.05.